The summed E-state index contributed by atoms with van der Waals surface area (Å²) < 4.78 is 45.6. The molecule has 1 N–H and O–H groups in total. The molecule has 4 aromatic carbocycles. The summed E-state index contributed by atoms with van der Waals surface area (Å²) >= 11 is 1.51. The third kappa shape index (κ3) is 8.77. The van der Waals surface area contributed by atoms with Crippen LogP contribution in [0.2, 0.25) is 0 Å². The van der Waals surface area contributed by atoms with Gasteiger partial charge in [-0.05, 0) is 98.0 Å². The molecule has 0 aliphatic rings. The summed E-state index contributed by atoms with van der Waals surface area (Å²) in [6.45, 7) is 4.55. The first-order valence-electron chi connectivity index (χ1n) is 14.0. The van der Waals surface area contributed by atoms with E-state index < -0.39 is 22.5 Å². The van der Waals surface area contributed by atoms with E-state index in [4.69, 9.17) is 14.2 Å². The smallest absolute Gasteiger partial charge is 0.264 e. The quantitative estimate of drug-likeness (QED) is 0.0954. The van der Waals surface area contributed by atoms with Gasteiger partial charge >= 0.3 is 0 Å². The lowest BCUT2D eigenvalue weighted by Gasteiger charge is -2.24. The summed E-state index contributed by atoms with van der Waals surface area (Å²) in [6.07, 6.45) is 3.37. The highest BCUT2D eigenvalue weighted by molar-refractivity contribution is 7.98. The number of hydrogen-bond donors (Lipinski definition) is 1. The molecule has 1 amide bonds. The zero-order valence-electron chi connectivity index (χ0n) is 24.8. The molecule has 4 rings (SSSR count). The van der Waals surface area contributed by atoms with E-state index in [9.17, 15) is 13.2 Å². The molecule has 0 fully saturated rings. The Morgan fingerprint density at radius 2 is 1.57 bits per heavy atom. The number of thioether (sulfide) groups is 1. The predicted molar refractivity (Wildman–Crippen MR) is 174 cm³/mol. The number of ether oxygens (including phenoxy) is 3. The van der Waals surface area contributed by atoms with Crippen LogP contribution in [0.15, 0.2) is 112 Å². The van der Waals surface area contributed by atoms with Crippen LogP contribution in [0.5, 0.6) is 17.2 Å². The van der Waals surface area contributed by atoms with Gasteiger partial charge in [0.05, 0.1) is 30.0 Å². The molecule has 0 bridgehead atoms. The van der Waals surface area contributed by atoms with Gasteiger partial charge < -0.3 is 14.2 Å². The third-order valence-electron chi connectivity index (χ3n) is 6.28. The van der Waals surface area contributed by atoms with Gasteiger partial charge in [0.2, 0.25) is 0 Å². The molecule has 4 aromatic rings. The molecule has 0 aromatic heterocycles. The Kier molecular flexibility index (Phi) is 11.7. The molecule has 44 heavy (non-hydrogen) atoms. The van der Waals surface area contributed by atoms with Crippen LogP contribution in [0.4, 0.5) is 5.69 Å². The van der Waals surface area contributed by atoms with Crippen molar-refractivity contribution in [3.63, 3.8) is 0 Å². The van der Waals surface area contributed by atoms with Crippen molar-refractivity contribution in [1.82, 2.24) is 5.43 Å². The van der Waals surface area contributed by atoms with E-state index in [1.165, 1.54) is 30.1 Å². The predicted octanol–water partition coefficient (Wildman–Crippen LogP) is 6.13. The second-order valence-corrected chi connectivity index (χ2v) is 12.1. The molecule has 0 saturated heterocycles. The van der Waals surface area contributed by atoms with Gasteiger partial charge in [-0.3, -0.25) is 9.10 Å². The molecule has 0 unspecified atom stereocenters. The molecule has 0 spiro atoms. The Morgan fingerprint density at radius 1 is 0.864 bits per heavy atom. The molecule has 0 heterocycles. The molecule has 0 atom stereocenters. The number of sulfonamides is 1. The first-order chi connectivity index (χ1) is 21.3. The Morgan fingerprint density at radius 3 is 2.23 bits per heavy atom. The average Bonchev–Trinajstić information content (AvgIpc) is 3.04. The molecule has 9 nitrogen and oxygen atoms in total. The minimum absolute atomic E-state index is 0.0681. The van der Waals surface area contributed by atoms with Gasteiger partial charge in [0.1, 0.15) is 18.9 Å². The van der Waals surface area contributed by atoms with E-state index in [-0.39, 0.29) is 4.90 Å². The highest BCUT2D eigenvalue weighted by Crippen LogP contribution is 2.29. The van der Waals surface area contributed by atoms with Gasteiger partial charge in [-0.15, -0.1) is 11.8 Å². The molecular formula is C33H35N3O6S2. The topological polar surface area (TPSA) is 107 Å². The summed E-state index contributed by atoms with van der Waals surface area (Å²) in [4.78, 5) is 14.0. The molecule has 0 saturated carbocycles. The van der Waals surface area contributed by atoms with Crippen LogP contribution in [0.3, 0.4) is 0 Å². The average molecular weight is 634 g/mol. The van der Waals surface area contributed by atoms with Crippen molar-refractivity contribution in [3.8, 4) is 17.2 Å². The molecule has 0 aliphatic carbocycles. The summed E-state index contributed by atoms with van der Waals surface area (Å²) in [5, 5.41) is 4.06. The number of hydrogen-bond acceptors (Lipinski definition) is 8. The number of anilines is 1. The van der Waals surface area contributed by atoms with Crippen molar-refractivity contribution >= 4 is 39.6 Å². The van der Waals surface area contributed by atoms with E-state index in [2.05, 4.69) is 10.5 Å². The molecule has 11 heteroatoms. The van der Waals surface area contributed by atoms with Crippen molar-refractivity contribution < 1.29 is 27.4 Å². The van der Waals surface area contributed by atoms with Gasteiger partial charge in [-0.2, -0.15) is 5.10 Å². The maximum Gasteiger partial charge on any atom is 0.264 e. The molecule has 0 aliphatic heterocycles. The normalized spacial score (nSPS) is 11.2. The lowest BCUT2D eigenvalue weighted by Crippen LogP contribution is -2.39. The maximum absolute atomic E-state index is 13.7. The van der Waals surface area contributed by atoms with E-state index in [0.29, 0.717) is 48.3 Å². The van der Waals surface area contributed by atoms with Gasteiger partial charge in [-0.1, -0.05) is 30.3 Å². The summed E-state index contributed by atoms with van der Waals surface area (Å²) in [6, 6.07) is 28.2. The fourth-order valence-electron chi connectivity index (χ4n) is 4.14. The van der Waals surface area contributed by atoms with Crippen LogP contribution in [0.1, 0.15) is 25.0 Å². The Bertz CT molecular complexity index is 1650. The van der Waals surface area contributed by atoms with Crippen LogP contribution in [0, 0.1) is 0 Å². The van der Waals surface area contributed by atoms with E-state index in [0.717, 1.165) is 14.8 Å². The Balaban J connectivity index is 1.48. The van der Waals surface area contributed by atoms with Crippen molar-refractivity contribution in [2.75, 3.05) is 30.3 Å². The number of benzene rings is 4. The fourth-order valence-corrected chi connectivity index (χ4v) is 5.97. The van der Waals surface area contributed by atoms with Crippen LogP contribution in [0.25, 0.3) is 0 Å². The minimum Gasteiger partial charge on any atom is -0.494 e. The summed E-state index contributed by atoms with van der Waals surface area (Å²) in [5.74, 6) is 1.10. The van der Waals surface area contributed by atoms with Crippen LogP contribution in [-0.4, -0.2) is 46.6 Å². The molecule has 0 radical (unpaired) electrons. The SMILES string of the molecule is CCOc1ccc(N(CC(=O)N/N=C\c2ccc(OCc3ccccc3)c(OCC)c2)S(=O)(=O)c2ccc(SC)cc2)cc1. The van der Waals surface area contributed by atoms with Crippen molar-refractivity contribution in [3.05, 3.63) is 108 Å². The van der Waals surface area contributed by atoms with Crippen LogP contribution in [-0.2, 0) is 21.4 Å². The van der Waals surface area contributed by atoms with Crippen LogP contribution < -0.4 is 23.9 Å². The standard InChI is InChI=1S/C33H35N3O6S2/c1-4-40-28-14-12-27(13-15-28)36(44(38,39)30-18-16-29(43-3)17-19-30)23-33(37)35-34-22-26-11-20-31(32(21-26)41-5-2)42-24-25-9-7-6-8-10-25/h6-22H,4-5,23-24H2,1-3H3,(H,35,37)/b34-22-. The second-order valence-electron chi connectivity index (χ2n) is 9.32. The van der Waals surface area contributed by atoms with E-state index >= 15 is 0 Å². The van der Waals surface area contributed by atoms with E-state index in [1.54, 1.807) is 54.6 Å². The van der Waals surface area contributed by atoms with Gasteiger partial charge in [0, 0.05) is 4.90 Å². The lowest BCUT2D eigenvalue weighted by molar-refractivity contribution is -0.119. The van der Waals surface area contributed by atoms with Gasteiger partial charge in [0.25, 0.3) is 15.9 Å². The molecule has 230 valence electrons. The van der Waals surface area contributed by atoms with Crippen molar-refractivity contribution in [2.45, 2.75) is 30.2 Å². The zero-order valence-corrected chi connectivity index (χ0v) is 26.4. The first-order valence-corrected chi connectivity index (χ1v) is 16.7. The second kappa shape index (κ2) is 15.8. The lowest BCUT2D eigenvalue weighted by atomic mass is 10.2. The minimum atomic E-state index is -4.08. The number of carbonyl (C=O) groups excluding carboxylic acids is 1. The molecular weight excluding hydrogens is 599 g/mol. The highest BCUT2D eigenvalue weighted by atomic mass is 32.2. The monoisotopic (exact) mass is 633 g/mol. The van der Waals surface area contributed by atoms with Gasteiger partial charge in [0.15, 0.2) is 11.5 Å². The first kappa shape index (κ1) is 32.4. The number of rotatable bonds is 15. The number of carbonyl (C=O) groups is 1. The number of nitrogens with one attached hydrogen (secondary N) is 1. The van der Waals surface area contributed by atoms with E-state index in [1.807, 2.05) is 50.4 Å². The zero-order chi connectivity index (χ0) is 31.4. The largest absolute Gasteiger partial charge is 0.494 e. The summed E-state index contributed by atoms with van der Waals surface area (Å²) in [5.41, 5.74) is 4.44. The van der Waals surface area contributed by atoms with Crippen molar-refractivity contribution in [2.24, 2.45) is 5.10 Å². The van der Waals surface area contributed by atoms with Crippen molar-refractivity contribution in [1.29, 1.82) is 0 Å². The Labute approximate surface area is 262 Å². The number of amides is 1. The third-order valence-corrected chi connectivity index (χ3v) is 8.81. The Hall–Kier alpha value is -4.48. The van der Waals surface area contributed by atoms with Crippen LogP contribution >= 0.6 is 11.8 Å². The number of nitrogens with zero attached hydrogens (tertiary/aromatic N) is 2. The van der Waals surface area contributed by atoms with Gasteiger partial charge in [-0.25, -0.2) is 13.8 Å². The highest BCUT2D eigenvalue weighted by Gasteiger charge is 2.27. The number of hydrazone groups is 1. The summed E-state index contributed by atoms with van der Waals surface area (Å²) in [7, 11) is -4.08. The maximum atomic E-state index is 13.7. The fraction of sp³-hybridized carbons (Fsp3) is 0.212.